The van der Waals surface area contributed by atoms with Gasteiger partial charge in [-0.2, -0.15) is 0 Å². The number of nitrogens with one attached hydrogen (secondary N) is 2. The van der Waals surface area contributed by atoms with E-state index in [1.54, 1.807) is 0 Å². The zero-order valence-corrected chi connectivity index (χ0v) is 16.5. The van der Waals surface area contributed by atoms with E-state index in [0.717, 1.165) is 23.6 Å². The molecule has 0 spiro atoms. The summed E-state index contributed by atoms with van der Waals surface area (Å²) in [7, 11) is 1.49. The number of nitrogens with zero attached hydrogens (tertiary/aromatic N) is 3. The van der Waals surface area contributed by atoms with Crippen LogP contribution in [0.2, 0.25) is 5.02 Å². The summed E-state index contributed by atoms with van der Waals surface area (Å²) in [4.78, 5) is 41.4. The second-order valence-corrected chi connectivity index (χ2v) is 8.22. The number of fused-ring (bicyclic) bond motifs is 1. The van der Waals surface area contributed by atoms with Crippen LogP contribution in [0.5, 0.6) is 0 Å². The van der Waals surface area contributed by atoms with Crippen molar-refractivity contribution in [3.05, 3.63) is 34.9 Å². The minimum atomic E-state index is -0.346. The zero-order valence-electron chi connectivity index (χ0n) is 15.7. The Morgan fingerprint density at radius 2 is 1.79 bits per heavy atom. The van der Waals surface area contributed by atoms with Gasteiger partial charge in [-0.15, -0.1) is 0 Å². The Morgan fingerprint density at radius 3 is 2.39 bits per heavy atom. The van der Waals surface area contributed by atoms with E-state index < -0.39 is 0 Å². The van der Waals surface area contributed by atoms with E-state index in [2.05, 4.69) is 15.5 Å². The second kappa shape index (κ2) is 7.60. The number of urea groups is 2. The first-order valence-electron chi connectivity index (χ1n) is 9.49. The van der Waals surface area contributed by atoms with Crippen LogP contribution >= 0.6 is 11.6 Å². The standard InChI is InChI=1S/C19H24ClN5O3/c1-23-17(26)6-16(22-19(23)28)24-8-13-10-25(11-14(13)9-24)18(27)21-7-12-2-4-15(20)5-3-12/h2-5,13-14,16H,6-11H2,1H3,(H,21,27)(H,22,28). The van der Waals surface area contributed by atoms with Gasteiger partial charge >= 0.3 is 12.1 Å². The minimum Gasteiger partial charge on any atom is -0.334 e. The van der Waals surface area contributed by atoms with Crippen molar-refractivity contribution in [3.63, 3.8) is 0 Å². The molecular formula is C19H24ClN5O3. The van der Waals surface area contributed by atoms with Crippen molar-refractivity contribution in [2.24, 2.45) is 11.8 Å². The van der Waals surface area contributed by atoms with Crippen LogP contribution < -0.4 is 10.6 Å². The molecule has 3 unspecified atom stereocenters. The Balaban J connectivity index is 1.27. The second-order valence-electron chi connectivity index (χ2n) is 7.79. The molecule has 3 fully saturated rings. The van der Waals surface area contributed by atoms with Gasteiger partial charge in [0.1, 0.15) is 0 Å². The smallest absolute Gasteiger partial charge is 0.325 e. The first-order valence-corrected chi connectivity index (χ1v) is 9.87. The Labute approximate surface area is 168 Å². The third-order valence-corrected chi connectivity index (χ3v) is 6.19. The molecule has 3 atom stereocenters. The Hall–Kier alpha value is -2.32. The lowest BCUT2D eigenvalue weighted by Crippen LogP contribution is -2.59. The fraction of sp³-hybridized carbons (Fsp3) is 0.526. The largest absolute Gasteiger partial charge is 0.334 e. The Morgan fingerprint density at radius 1 is 1.14 bits per heavy atom. The fourth-order valence-electron chi connectivity index (χ4n) is 4.27. The number of benzene rings is 1. The van der Waals surface area contributed by atoms with Gasteiger partial charge in [-0.05, 0) is 29.5 Å². The summed E-state index contributed by atoms with van der Waals surface area (Å²) in [5.74, 6) is 0.579. The number of imide groups is 1. The summed E-state index contributed by atoms with van der Waals surface area (Å²) in [6, 6.07) is 7.02. The maximum absolute atomic E-state index is 12.5. The number of halogens is 1. The molecular weight excluding hydrogens is 382 g/mol. The number of amides is 5. The molecule has 150 valence electrons. The SMILES string of the molecule is CN1C(=O)CC(N2CC3CN(C(=O)NCc4ccc(Cl)cc4)CC3C2)NC1=O. The van der Waals surface area contributed by atoms with Crippen LogP contribution in [-0.2, 0) is 11.3 Å². The highest BCUT2D eigenvalue weighted by Gasteiger charge is 2.45. The van der Waals surface area contributed by atoms with Crippen LogP contribution in [0.4, 0.5) is 9.59 Å². The van der Waals surface area contributed by atoms with Gasteiger partial charge in [0.15, 0.2) is 0 Å². The highest BCUT2D eigenvalue weighted by atomic mass is 35.5. The van der Waals surface area contributed by atoms with Crippen molar-refractivity contribution < 1.29 is 14.4 Å². The van der Waals surface area contributed by atoms with Crippen LogP contribution in [-0.4, -0.2) is 72.1 Å². The van der Waals surface area contributed by atoms with Crippen LogP contribution in [0.25, 0.3) is 0 Å². The van der Waals surface area contributed by atoms with Crippen molar-refractivity contribution in [2.45, 2.75) is 19.1 Å². The van der Waals surface area contributed by atoms with Gasteiger partial charge in [0.05, 0.1) is 12.6 Å². The summed E-state index contributed by atoms with van der Waals surface area (Å²) in [6.07, 6.45) is 0.0569. The number of carbonyl (C=O) groups excluding carboxylic acids is 3. The van der Waals surface area contributed by atoms with Gasteiger partial charge in [-0.1, -0.05) is 23.7 Å². The fourth-order valence-corrected chi connectivity index (χ4v) is 4.39. The molecule has 0 bridgehead atoms. The molecule has 3 saturated heterocycles. The lowest BCUT2D eigenvalue weighted by atomic mass is 10.0. The Kier molecular flexibility index (Phi) is 5.16. The average molecular weight is 406 g/mol. The summed E-state index contributed by atoms with van der Waals surface area (Å²) < 4.78 is 0. The molecule has 0 saturated carbocycles. The molecule has 3 aliphatic heterocycles. The number of hydrogen-bond donors (Lipinski definition) is 2. The van der Waals surface area contributed by atoms with Gasteiger partial charge in [0, 0.05) is 44.8 Å². The third kappa shape index (κ3) is 3.79. The molecule has 5 amide bonds. The molecule has 3 heterocycles. The van der Waals surface area contributed by atoms with Crippen LogP contribution in [0, 0.1) is 11.8 Å². The Bertz CT molecular complexity index is 754. The van der Waals surface area contributed by atoms with Crippen LogP contribution in [0.1, 0.15) is 12.0 Å². The number of rotatable bonds is 3. The van der Waals surface area contributed by atoms with E-state index in [9.17, 15) is 14.4 Å². The van der Waals surface area contributed by atoms with Crippen LogP contribution in [0.15, 0.2) is 24.3 Å². The quantitative estimate of drug-likeness (QED) is 0.794. The summed E-state index contributed by atoms with van der Waals surface area (Å²) in [5.41, 5.74) is 1.01. The molecule has 0 aromatic heterocycles. The van der Waals surface area contributed by atoms with E-state index in [1.165, 1.54) is 7.05 Å². The van der Waals surface area contributed by atoms with Gasteiger partial charge < -0.3 is 15.5 Å². The zero-order chi connectivity index (χ0) is 19.8. The van der Waals surface area contributed by atoms with E-state index >= 15 is 0 Å². The predicted molar refractivity (Wildman–Crippen MR) is 104 cm³/mol. The first kappa shape index (κ1) is 19.0. The summed E-state index contributed by atoms with van der Waals surface area (Å²) in [6.45, 7) is 3.43. The molecule has 2 N–H and O–H groups in total. The third-order valence-electron chi connectivity index (χ3n) is 5.94. The van der Waals surface area contributed by atoms with E-state index in [1.807, 2.05) is 29.2 Å². The monoisotopic (exact) mass is 405 g/mol. The maximum atomic E-state index is 12.5. The number of hydrogen-bond acceptors (Lipinski definition) is 4. The van der Waals surface area contributed by atoms with Gasteiger partial charge in [0.2, 0.25) is 5.91 Å². The first-order chi connectivity index (χ1) is 13.4. The molecule has 1 aromatic rings. The summed E-state index contributed by atoms with van der Waals surface area (Å²) in [5, 5.41) is 6.53. The number of likely N-dealkylation sites (tertiary alicyclic amines) is 2. The number of carbonyl (C=O) groups is 3. The lowest BCUT2D eigenvalue weighted by Gasteiger charge is -2.35. The molecule has 0 radical (unpaired) electrons. The molecule has 28 heavy (non-hydrogen) atoms. The summed E-state index contributed by atoms with van der Waals surface area (Å²) >= 11 is 5.88. The topological polar surface area (TPSA) is 85.0 Å². The molecule has 0 aliphatic carbocycles. The molecule has 8 nitrogen and oxygen atoms in total. The highest BCUT2D eigenvalue weighted by Crippen LogP contribution is 2.32. The highest BCUT2D eigenvalue weighted by molar-refractivity contribution is 6.30. The normalized spacial score (nSPS) is 27.7. The van der Waals surface area contributed by atoms with Crippen molar-refractivity contribution in [1.82, 2.24) is 25.3 Å². The van der Waals surface area contributed by atoms with Crippen molar-refractivity contribution in [1.29, 1.82) is 0 Å². The predicted octanol–water partition coefficient (Wildman–Crippen LogP) is 1.31. The van der Waals surface area contributed by atoms with Crippen molar-refractivity contribution in [3.8, 4) is 0 Å². The van der Waals surface area contributed by atoms with E-state index in [4.69, 9.17) is 11.6 Å². The lowest BCUT2D eigenvalue weighted by molar-refractivity contribution is -0.130. The van der Waals surface area contributed by atoms with Crippen molar-refractivity contribution in [2.75, 3.05) is 33.2 Å². The van der Waals surface area contributed by atoms with Gasteiger partial charge in [0.25, 0.3) is 0 Å². The van der Waals surface area contributed by atoms with E-state index in [0.29, 0.717) is 42.9 Å². The van der Waals surface area contributed by atoms with Gasteiger partial charge in [-0.25, -0.2) is 9.59 Å². The molecule has 3 aliphatic rings. The van der Waals surface area contributed by atoms with Crippen molar-refractivity contribution >= 4 is 29.6 Å². The van der Waals surface area contributed by atoms with E-state index in [-0.39, 0.29) is 24.1 Å². The maximum Gasteiger partial charge on any atom is 0.325 e. The van der Waals surface area contributed by atoms with Gasteiger partial charge in [-0.3, -0.25) is 14.6 Å². The molecule has 1 aromatic carbocycles. The van der Waals surface area contributed by atoms with Crippen LogP contribution in [0.3, 0.4) is 0 Å². The molecule has 4 rings (SSSR count). The molecule has 9 heteroatoms. The minimum absolute atomic E-state index is 0.0568. The average Bonchev–Trinajstić information content (AvgIpc) is 3.24.